The minimum Gasteiger partial charge on any atom is -0.484 e. The minimum atomic E-state index is -1.04. The smallest absolute Gasteiger partial charge is 0.313 e. The number of benzene rings is 2. The lowest BCUT2D eigenvalue weighted by Gasteiger charge is -2.32. The summed E-state index contributed by atoms with van der Waals surface area (Å²) in [5.41, 5.74) is -0.864. The van der Waals surface area contributed by atoms with Gasteiger partial charge in [-0.1, -0.05) is 18.2 Å². The summed E-state index contributed by atoms with van der Waals surface area (Å²) in [5.74, 6) is -2.36. The third kappa shape index (κ3) is 6.73. The van der Waals surface area contributed by atoms with E-state index in [0.29, 0.717) is 31.7 Å². The van der Waals surface area contributed by atoms with Gasteiger partial charge in [0, 0.05) is 31.4 Å². The molecular weight excluding hydrogens is 435 g/mol. The topological polar surface area (TPSA) is 131 Å². The second-order valence-electron chi connectivity index (χ2n) is 7.51. The number of para-hydroxylation sites is 1. The van der Waals surface area contributed by atoms with Gasteiger partial charge in [-0.2, -0.15) is 4.39 Å². The average Bonchev–Trinajstić information content (AvgIpc) is 2.83. The molecule has 3 amide bonds. The Balaban J connectivity index is 1.39. The third-order valence-electron chi connectivity index (χ3n) is 5.23. The predicted molar refractivity (Wildman–Crippen MR) is 116 cm³/mol. The molecule has 1 aliphatic heterocycles. The summed E-state index contributed by atoms with van der Waals surface area (Å²) >= 11 is 0. The minimum absolute atomic E-state index is 0.0485. The fourth-order valence-corrected chi connectivity index (χ4v) is 3.38. The van der Waals surface area contributed by atoms with Gasteiger partial charge < -0.3 is 20.3 Å². The van der Waals surface area contributed by atoms with Crippen LogP contribution in [0.2, 0.25) is 0 Å². The Morgan fingerprint density at radius 3 is 2.45 bits per heavy atom. The largest absolute Gasteiger partial charge is 0.484 e. The number of amides is 3. The van der Waals surface area contributed by atoms with Gasteiger partial charge in [-0.05, 0) is 43.0 Å². The highest BCUT2D eigenvalue weighted by atomic mass is 19.1. The third-order valence-corrected chi connectivity index (χ3v) is 5.23. The highest BCUT2D eigenvalue weighted by molar-refractivity contribution is 6.39. The van der Waals surface area contributed by atoms with E-state index in [4.69, 9.17) is 4.74 Å². The highest BCUT2D eigenvalue weighted by Crippen LogP contribution is 2.21. The van der Waals surface area contributed by atoms with Crippen molar-refractivity contribution in [2.45, 2.75) is 12.8 Å². The fraction of sp³-hybridized carbons (Fsp3) is 0.318. The number of anilines is 1. The van der Waals surface area contributed by atoms with Gasteiger partial charge in [-0.25, -0.2) is 0 Å². The van der Waals surface area contributed by atoms with E-state index >= 15 is 0 Å². The van der Waals surface area contributed by atoms with E-state index in [0.717, 1.165) is 18.2 Å². The number of piperidine rings is 1. The Morgan fingerprint density at radius 1 is 1.09 bits per heavy atom. The van der Waals surface area contributed by atoms with Gasteiger partial charge in [0.2, 0.25) is 5.82 Å². The SMILES string of the molecule is O=C(NCC1CCN(C(=O)COc2ccccc2)CC1)C(=O)Nc1ccc(F)c([N+](=O)[O-])c1. The normalized spacial score (nSPS) is 13.8. The van der Waals surface area contributed by atoms with Crippen LogP contribution >= 0.6 is 0 Å². The Hall–Kier alpha value is -4.02. The predicted octanol–water partition coefficient (Wildman–Crippen LogP) is 2.11. The van der Waals surface area contributed by atoms with Gasteiger partial charge >= 0.3 is 17.5 Å². The van der Waals surface area contributed by atoms with Gasteiger partial charge in [-0.15, -0.1) is 0 Å². The number of nitrogens with one attached hydrogen (secondary N) is 2. The van der Waals surface area contributed by atoms with Gasteiger partial charge in [0.25, 0.3) is 5.91 Å². The van der Waals surface area contributed by atoms with E-state index in [1.165, 1.54) is 0 Å². The summed E-state index contributed by atoms with van der Waals surface area (Å²) in [6.07, 6.45) is 1.31. The molecule has 1 heterocycles. The molecule has 10 nitrogen and oxygen atoms in total. The van der Waals surface area contributed by atoms with Crippen molar-refractivity contribution in [3.8, 4) is 5.75 Å². The van der Waals surface area contributed by atoms with Crippen LogP contribution in [0, 0.1) is 21.8 Å². The molecule has 2 aromatic rings. The molecule has 0 unspecified atom stereocenters. The first-order valence-corrected chi connectivity index (χ1v) is 10.3. The second-order valence-corrected chi connectivity index (χ2v) is 7.51. The number of hydrogen-bond donors (Lipinski definition) is 2. The van der Waals surface area contributed by atoms with E-state index in [9.17, 15) is 28.9 Å². The van der Waals surface area contributed by atoms with E-state index < -0.39 is 28.2 Å². The molecular formula is C22H23FN4O6. The summed E-state index contributed by atoms with van der Waals surface area (Å²) in [6, 6.07) is 11.9. The molecule has 11 heteroatoms. The molecule has 1 aliphatic rings. The van der Waals surface area contributed by atoms with Crippen LogP contribution in [-0.2, 0) is 14.4 Å². The van der Waals surface area contributed by atoms with Crippen molar-refractivity contribution in [3.63, 3.8) is 0 Å². The molecule has 0 aromatic heterocycles. The van der Waals surface area contributed by atoms with E-state index in [2.05, 4.69) is 10.6 Å². The zero-order valence-electron chi connectivity index (χ0n) is 17.7. The van der Waals surface area contributed by atoms with Crippen molar-refractivity contribution >= 4 is 29.1 Å². The molecule has 33 heavy (non-hydrogen) atoms. The van der Waals surface area contributed by atoms with Crippen LogP contribution in [-0.4, -0.2) is 53.8 Å². The average molecular weight is 458 g/mol. The lowest BCUT2D eigenvalue weighted by molar-refractivity contribution is -0.387. The molecule has 0 aliphatic carbocycles. The zero-order chi connectivity index (χ0) is 23.8. The van der Waals surface area contributed by atoms with Crippen LogP contribution in [0.1, 0.15) is 12.8 Å². The standard InChI is InChI=1S/C22H23FN4O6/c23-18-7-6-16(12-19(18)27(31)32)25-22(30)21(29)24-13-15-8-10-26(11-9-15)20(28)14-33-17-4-2-1-3-5-17/h1-7,12,15H,8-11,13-14H2,(H,24,29)(H,25,30). The number of nitro benzene ring substituents is 1. The summed E-state index contributed by atoms with van der Waals surface area (Å²) in [4.78, 5) is 48.0. The first kappa shape index (κ1) is 23.6. The Morgan fingerprint density at radius 2 is 1.79 bits per heavy atom. The maximum Gasteiger partial charge on any atom is 0.313 e. The molecule has 2 N–H and O–H groups in total. The van der Waals surface area contributed by atoms with Crippen molar-refractivity contribution in [1.82, 2.24) is 10.2 Å². The Bertz CT molecular complexity index is 1020. The zero-order valence-corrected chi connectivity index (χ0v) is 17.7. The van der Waals surface area contributed by atoms with Gasteiger partial charge in [0.05, 0.1) is 4.92 Å². The number of ether oxygens (including phenoxy) is 1. The number of likely N-dealkylation sites (tertiary alicyclic amines) is 1. The van der Waals surface area contributed by atoms with Crippen molar-refractivity contribution in [2.75, 3.05) is 31.6 Å². The quantitative estimate of drug-likeness (QED) is 0.371. The van der Waals surface area contributed by atoms with Gasteiger partial charge in [-0.3, -0.25) is 24.5 Å². The lowest BCUT2D eigenvalue weighted by atomic mass is 9.96. The maximum absolute atomic E-state index is 13.4. The first-order valence-electron chi connectivity index (χ1n) is 10.3. The Kier molecular flexibility index (Phi) is 7.90. The monoisotopic (exact) mass is 458 g/mol. The van der Waals surface area contributed by atoms with E-state index in [1.807, 2.05) is 18.2 Å². The summed E-state index contributed by atoms with van der Waals surface area (Å²) in [6.45, 7) is 1.23. The van der Waals surface area contributed by atoms with Gasteiger partial charge in [0.15, 0.2) is 6.61 Å². The van der Waals surface area contributed by atoms with Gasteiger partial charge in [0.1, 0.15) is 5.75 Å². The van der Waals surface area contributed by atoms with Crippen LogP contribution in [0.25, 0.3) is 0 Å². The second kappa shape index (κ2) is 11.0. The molecule has 3 rings (SSSR count). The molecule has 0 radical (unpaired) electrons. The molecule has 174 valence electrons. The van der Waals surface area contributed by atoms with Crippen LogP contribution in [0.5, 0.6) is 5.75 Å². The van der Waals surface area contributed by atoms with Crippen molar-refractivity contribution in [3.05, 3.63) is 64.5 Å². The molecule has 2 aromatic carbocycles. The van der Waals surface area contributed by atoms with E-state index in [-0.39, 0.29) is 30.7 Å². The number of rotatable bonds is 7. The molecule has 1 saturated heterocycles. The Labute approximate surface area is 188 Å². The summed E-state index contributed by atoms with van der Waals surface area (Å²) < 4.78 is 18.9. The lowest BCUT2D eigenvalue weighted by Crippen LogP contribution is -2.44. The number of hydrogen-bond acceptors (Lipinski definition) is 6. The number of halogens is 1. The summed E-state index contributed by atoms with van der Waals surface area (Å²) in [5, 5.41) is 15.5. The van der Waals surface area contributed by atoms with Crippen molar-refractivity contribution in [1.29, 1.82) is 0 Å². The molecule has 0 bridgehead atoms. The highest BCUT2D eigenvalue weighted by Gasteiger charge is 2.24. The number of carbonyl (C=O) groups is 3. The van der Waals surface area contributed by atoms with Crippen molar-refractivity contribution < 1.29 is 28.4 Å². The molecule has 0 spiro atoms. The molecule has 0 saturated carbocycles. The molecule has 0 atom stereocenters. The maximum atomic E-state index is 13.4. The fourth-order valence-electron chi connectivity index (χ4n) is 3.38. The van der Waals surface area contributed by atoms with Crippen LogP contribution in [0.3, 0.4) is 0 Å². The first-order chi connectivity index (χ1) is 15.8. The number of nitro groups is 1. The number of carbonyl (C=O) groups excluding carboxylic acids is 3. The van der Waals surface area contributed by atoms with Crippen LogP contribution in [0.4, 0.5) is 15.8 Å². The molecule has 1 fully saturated rings. The number of nitrogens with zero attached hydrogens (tertiary/aromatic N) is 2. The van der Waals surface area contributed by atoms with Crippen LogP contribution < -0.4 is 15.4 Å². The van der Waals surface area contributed by atoms with Crippen molar-refractivity contribution in [2.24, 2.45) is 5.92 Å². The van der Waals surface area contributed by atoms with E-state index in [1.54, 1.807) is 17.0 Å². The summed E-state index contributed by atoms with van der Waals surface area (Å²) in [7, 11) is 0. The van der Waals surface area contributed by atoms with Crippen LogP contribution in [0.15, 0.2) is 48.5 Å².